The van der Waals surface area contributed by atoms with E-state index in [4.69, 9.17) is 11.6 Å². The summed E-state index contributed by atoms with van der Waals surface area (Å²) >= 11 is 5.99. The van der Waals surface area contributed by atoms with E-state index in [1.54, 1.807) is 30.5 Å². The number of anilines is 1. The van der Waals surface area contributed by atoms with E-state index >= 15 is 0 Å². The van der Waals surface area contributed by atoms with Crippen LogP contribution in [0.1, 0.15) is 33.1 Å². The molecule has 1 heterocycles. The lowest BCUT2D eigenvalue weighted by atomic mass is 9.70. The van der Waals surface area contributed by atoms with Crippen molar-refractivity contribution in [2.75, 3.05) is 11.2 Å². The van der Waals surface area contributed by atoms with E-state index in [9.17, 15) is 13.2 Å². The third kappa shape index (κ3) is 2.92. The molecule has 27 heavy (non-hydrogen) atoms. The van der Waals surface area contributed by atoms with Gasteiger partial charge >= 0.3 is 0 Å². The quantitative estimate of drug-likeness (QED) is 0.740. The highest BCUT2D eigenvalue weighted by Crippen LogP contribution is 2.64. The Morgan fingerprint density at radius 1 is 1.30 bits per heavy atom. The van der Waals surface area contributed by atoms with Gasteiger partial charge in [0.2, 0.25) is 10.0 Å². The second-order valence-corrected chi connectivity index (χ2v) is 10.3. The number of carbonyl (C=O) groups is 1. The number of Topliss-reactive ketones (excluding diaryl/α,β-unsaturated/α-hetero) is 1. The Bertz CT molecular complexity index is 1040. The zero-order valence-electron chi connectivity index (χ0n) is 15.3. The first-order valence-electron chi connectivity index (χ1n) is 8.98. The van der Waals surface area contributed by atoms with Gasteiger partial charge in [-0.25, -0.2) is 8.42 Å². The Labute approximate surface area is 163 Å². The Balaban J connectivity index is 1.56. The summed E-state index contributed by atoms with van der Waals surface area (Å²) in [6.07, 6.45) is 3.63. The van der Waals surface area contributed by atoms with Gasteiger partial charge in [0.15, 0.2) is 0 Å². The molecule has 2 atom stereocenters. The van der Waals surface area contributed by atoms with Crippen LogP contribution in [-0.4, -0.2) is 24.9 Å². The van der Waals surface area contributed by atoms with Crippen LogP contribution in [0.15, 0.2) is 30.5 Å². The molecule has 0 aliphatic heterocycles. The average molecular weight is 408 g/mol. The number of hydrogen-bond acceptors (Lipinski definition) is 5. The number of fused-ring (bicyclic) bond motifs is 3. The van der Waals surface area contributed by atoms with Crippen molar-refractivity contribution >= 4 is 44.0 Å². The lowest BCUT2D eigenvalue weighted by Crippen LogP contribution is -2.46. The van der Waals surface area contributed by atoms with Crippen LogP contribution in [0, 0.1) is 16.7 Å². The van der Waals surface area contributed by atoms with E-state index in [1.807, 2.05) is 13.8 Å². The number of hydrogen-bond donors (Lipinski definition) is 2. The Morgan fingerprint density at radius 3 is 2.74 bits per heavy atom. The molecule has 0 amide bonds. The van der Waals surface area contributed by atoms with E-state index in [1.165, 1.54) is 0 Å². The van der Waals surface area contributed by atoms with Crippen LogP contribution < -0.4 is 10.3 Å². The summed E-state index contributed by atoms with van der Waals surface area (Å²) in [5, 5.41) is 1.31. The first-order chi connectivity index (χ1) is 12.6. The molecule has 0 radical (unpaired) electrons. The van der Waals surface area contributed by atoms with Crippen molar-refractivity contribution in [1.82, 2.24) is 9.82 Å². The molecule has 144 valence electrons. The molecule has 0 saturated heterocycles. The van der Waals surface area contributed by atoms with Gasteiger partial charge in [0, 0.05) is 28.4 Å². The second kappa shape index (κ2) is 6.15. The van der Waals surface area contributed by atoms with Crippen LogP contribution >= 0.6 is 11.6 Å². The van der Waals surface area contributed by atoms with Gasteiger partial charge in [0.05, 0.1) is 17.0 Å². The molecule has 2 bridgehead atoms. The third-order valence-corrected chi connectivity index (χ3v) is 8.14. The van der Waals surface area contributed by atoms with E-state index in [0.29, 0.717) is 29.1 Å². The average Bonchev–Trinajstić information content (AvgIpc) is 2.93. The largest absolute Gasteiger partial charge is 0.307 e. The van der Waals surface area contributed by atoms with Crippen molar-refractivity contribution in [2.24, 2.45) is 16.7 Å². The van der Waals surface area contributed by atoms with Crippen LogP contribution in [0.2, 0.25) is 5.02 Å². The monoisotopic (exact) mass is 407 g/mol. The normalized spacial score (nSPS) is 26.6. The van der Waals surface area contributed by atoms with Gasteiger partial charge in [-0.3, -0.25) is 9.78 Å². The number of nitrogens with one attached hydrogen (secondary N) is 2. The Hall–Kier alpha value is -1.70. The second-order valence-electron chi connectivity index (χ2n) is 8.17. The van der Waals surface area contributed by atoms with Crippen molar-refractivity contribution in [3.05, 3.63) is 35.5 Å². The van der Waals surface area contributed by atoms with Crippen LogP contribution in [0.5, 0.6) is 0 Å². The lowest BCUT2D eigenvalue weighted by Gasteiger charge is -2.36. The van der Waals surface area contributed by atoms with Gasteiger partial charge in [-0.05, 0) is 48.4 Å². The summed E-state index contributed by atoms with van der Waals surface area (Å²) in [7, 11) is -3.72. The Kier molecular flexibility index (Phi) is 4.25. The maximum Gasteiger partial charge on any atom is 0.229 e. The number of rotatable bonds is 5. The molecule has 2 aliphatic carbocycles. The number of pyridine rings is 1. The van der Waals surface area contributed by atoms with Crippen LogP contribution in [0.4, 0.5) is 5.69 Å². The number of sulfonamides is 1. The van der Waals surface area contributed by atoms with E-state index in [-0.39, 0.29) is 22.9 Å². The molecular formula is C19H22ClN3O3S. The van der Waals surface area contributed by atoms with E-state index < -0.39 is 15.4 Å². The molecule has 0 unspecified atom stereocenters. The highest BCUT2D eigenvalue weighted by Gasteiger charge is 2.65. The fourth-order valence-electron chi connectivity index (χ4n) is 4.83. The van der Waals surface area contributed by atoms with E-state index in [2.05, 4.69) is 15.2 Å². The molecule has 2 N–H and O–H groups in total. The number of benzene rings is 1. The van der Waals surface area contributed by atoms with Crippen molar-refractivity contribution in [2.45, 2.75) is 33.1 Å². The summed E-state index contributed by atoms with van der Waals surface area (Å²) in [5.41, 5.74) is 2.95. The van der Waals surface area contributed by atoms with Crippen molar-refractivity contribution in [3.63, 3.8) is 0 Å². The number of hydrazine groups is 1. The zero-order valence-corrected chi connectivity index (χ0v) is 16.8. The van der Waals surface area contributed by atoms with Crippen LogP contribution in [0.25, 0.3) is 10.9 Å². The minimum absolute atomic E-state index is 0.0816. The third-order valence-electron chi connectivity index (χ3n) is 6.62. The summed E-state index contributed by atoms with van der Waals surface area (Å²) in [6.45, 7) is 4.05. The molecule has 2 aromatic rings. The maximum absolute atomic E-state index is 12.8. The molecule has 0 spiro atoms. The minimum Gasteiger partial charge on any atom is -0.307 e. The summed E-state index contributed by atoms with van der Waals surface area (Å²) < 4.78 is 25.6. The van der Waals surface area contributed by atoms with Gasteiger partial charge in [0.25, 0.3) is 0 Å². The predicted molar refractivity (Wildman–Crippen MR) is 106 cm³/mol. The van der Waals surface area contributed by atoms with Crippen molar-refractivity contribution in [3.8, 4) is 0 Å². The van der Waals surface area contributed by atoms with Crippen molar-refractivity contribution < 1.29 is 13.2 Å². The molecule has 8 heteroatoms. The van der Waals surface area contributed by atoms with Gasteiger partial charge in [-0.1, -0.05) is 25.4 Å². The summed E-state index contributed by atoms with van der Waals surface area (Å²) in [6, 6.07) is 6.91. The fraction of sp³-hybridized carbons (Fsp3) is 0.474. The number of aromatic nitrogens is 1. The molecule has 1 aromatic carbocycles. The van der Waals surface area contributed by atoms with Gasteiger partial charge in [-0.15, -0.1) is 4.83 Å². The zero-order chi connectivity index (χ0) is 19.4. The molecule has 1 aromatic heterocycles. The minimum atomic E-state index is -3.72. The van der Waals surface area contributed by atoms with Crippen LogP contribution in [-0.2, 0) is 14.8 Å². The number of halogens is 1. The highest BCUT2D eigenvalue weighted by molar-refractivity contribution is 7.89. The fourth-order valence-corrected chi connectivity index (χ4v) is 6.66. The van der Waals surface area contributed by atoms with E-state index in [0.717, 1.165) is 11.8 Å². The molecule has 2 saturated carbocycles. The van der Waals surface area contributed by atoms with Crippen LogP contribution in [0.3, 0.4) is 0 Å². The predicted octanol–water partition coefficient (Wildman–Crippen LogP) is 3.53. The number of carbonyl (C=O) groups excluding carboxylic acids is 1. The molecular weight excluding hydrogens is 386 g/mol. The standard InChI is InChI=1S/C19H22ClN3O3S/c1-18(2)12-5-7-19(18,17(24)9-12)11-27(25,26)23-22-15-6-8-21-16-10-13(20)3-4-14(15)16/h3-4,6,8,10,12,23H,5,7,9,11H2,1-2H3,(H,21,22)/t12-,19+/m0/s1. The number of ketones is 1. The number of nitrogens with zero attached hydrogens (tertiary/aromatic N) is 1. The maximum atomic E-state index is 12.8. The first-order valence-corrected chi connectivity index (χ1v) is 11.0. The van der Waals surface area contributed by atoms with Gasteiger partial charge in [-0.2, -0.15) is 0 Å². The summed E-state index contributed by atoms with van der Waals surface area (Å²) in [5.74, 6) is 0.171. The Morgan fingerprint density at radius 2 is 2.07 bits per heavy atom. The molecule has 2 aliphatic rings. The smallest absolute Gasteiger partial charge is 0.229 e. The van der Waals surface area contributed by atoms with Gasteiger partial charge in [0.1, 0.15) is 5.78 Å². The topological polar surface area (TPSA) is 88.2 Å². The molecule has 6 nitrogen and oxygen atoms in total. The SMILES string of the molecule is CC1(C)[C@H]2CC[C@@]1(CS(=O)(=O)NNc1ccnc3cc(Cl)ccc13)C(=O)C2. The molecule has 4 rings (SSSR count). The van der Waals surface area contributed by atoms with Gasteiger partial charge < -0.3 is 5.43 Å². The highest BCUT2D eigenvalue weighted by atomic mass is 35.5. The van der Waals surface area contributed by atoms with Crippen molar-refractivity contribution in [1.29, 1.82) is 0 Å². The summed E-state index contributed by atoms with van der Waals surface area (Å²) in [4.78, 5) is 19.3. The molecule has 2 fully saturated rings. The lowest BCUT2D eigenvalue weighted by molar-refractivity contribution is -0.128. The first kappa shape index (κ1) is 18.7.